The van der Waals surface area contributed by atoms with Gasteiger partial charge in [0.05, 0.1) is 0 Å². The second-order valence-corrected chi connectivity index (χ2v) is 4.52. The van der Waals surface area contributed by atoms with Crippen molar-refractivity contribution in [2.45, 2.75) is 39.2 Å². The Labute approximate surface area is 93.1 Å². The molecule has 1 aromatic heterocycles. The molecule has 0 saturated heterocycles. The highest BCUT2D eigenvalue weighted by Gasteiger charge is 2.07. The van der Waals surface area contributed by atoms with Crippen LogP contribution in [0.1, 0.15) is 32.3 Å². The lowest BCUT2D eigenvalue weighted by atomic mass is 9.98. The lowest BCUT2D eigenvalue weighted by Gasteiger charge is -2.17. The van der Waals surface area contributed by atoms with Crippen molar-refractivity contribution >= 4 is 0 Å². The summed E-state index contributed by atoms with van der Waals surface area (Å²) in [5.41, 5.74) is 1.37. The van der Waals surface area contributed by atoms with Crippen LogP contribution in [-0.2, 0) is 6.42 Å². The zero-order chi connectivity index (χ0) is 11.1. The van der Waals surface area contributed by atoms with Gasteiger partial charge >= 0.3 is 0 Å². The van der Waals surface area contributed by atoms with E-state index in [4.69, 9.17) is 0 Å². The van der Waals surface area contributed by atoms with Crippen molar-refractivity contribution < 1.29 is 0 Å². The Balaban J connectivity index is 2.40. The smallest absolute Gasteiger partial charge is 0.0270 e. The maximum Gasteiger partial charge on any atom is 0.0270 e. The van der Waals surface area contributed by atoms with Gasteiger partial charge in [-0.05, 0) is 49.9 Å². The molecule has 2 heteroatoms. The summed E-state index contributed by atoms with van der Waals surface area (Å²) in [6, 6.07) is 4.79. The molecule has 1 rings (SSSR count). The van der Waals surface area contributed by atoms with E-state index in [2.05, 4.69) is 36.3 Å². The van der Waals surface area contributed by atoms with Gasteiger partial charge in [-0.3, -0.25) is 4.98 Å². The van der Waals surface area contributed by atoms with Crippen molar-refractivity contribution in [3.8, 4) is 0 Å². The van der Waals surface area contributed by atoms with Crippen LogP contribution < -0.4 is 5.32 Å². The van der Waals surface area contributed by atoms with Crippen molar-refractivity contribution in [3.05, 3.63) is 30.1 Å². The largest absolute Gasteiger partial charge is 0.317 e. The molecule has 0 bridgehead atoms. The van der Waals surface area contributed by atoms with Crippen LogP contribution in [0, 0.1) is 5.92 Å². The molecular weight excluding hydrogens is 184 g/mol. The highest BCUT2D eigenvalue weighted by atomic mass is 14.9. The van der Waals surface area contributed by atoms with Crippen LogP contribution >= 0.6 is 0 Å². The Morgan fingerprint density at radius 1 is 1.20 bits per heavy atom. The highest BCUT2D eigenvalue weighted by Crippen LogP contribution is 2.10. The molecule has 15 heavy (non-hydrogen) atoms. The van der Waals surface area contributed by atoms with Crippen LogP contribution in [0.2, 0.25) is 0 Å². The van der Waals surface area contributed by atoms with E-state index in [0.717, 1.165) is 12.3 Å². The quantitative estimate of drug-likeness (QED) is 0.774. The Morgan fingerprint density at radius 3 is 2.40 bits per heavy atom. The SMILES string of the molecule is CNC(CCC(C)C)Cc1ccncc1. The Morgan fingerprint density at radius 2 is 1.87 bits per heavy atom. The summed E-state index contributed by atoms with van der Waals surface area (Å²) < 4.78 is 0. The Kier molecular flexibility index (Phi) is 5.33. The first kappa shape index (κ1) is 12.2. The summed E-state index contributed by atoms with van der Waals surface area (Å²) in [4.78, 5) is 4.03. The van der Waals surface area contributed by atoms with Gasteiger partial charge in [-0.15, -0.1) is 0 Å². The number of pyridine rings is 1. The minimum absolute atomic E-state index is 0.592. The molecule has 0 fully saturated rings. The van der Waals surface area contributed by atoms with Gasteiger partial charge in [-0.1, -0.05) is 13.8 Å². The van der Waals surface area contributed by atoms with E-state index < -0.39 is 0 Å². The molecule has 84 valence electrons. The number of nitrogens with zero attached hydrogens (tertiary/aromatic N) is 1. The van der Waals surface area contributed by atoms with Crippen molar-refractivity contribution in [1.29, 1.82) is 0 Å². The van der Waals surface area contributed by atoms with Gasteiger partial charge < -0.3 is 5.32 Å². The number of hydrogen-bond donors (Lipinski definition) is 1. The molecule has 1 atom stereocenters. The van der Waals surface area contributed by atoms with E-state index in [1.165, 1.54) is 18.4 Å². The third-order valence-corrected chi connectivity index (χ3v) is 2.73. The second-order valence-electron chi connectivity index (χ2n) is 4.52. The summed E-state index contributed by atoms with van der Waals surface area (Å²) in [6.07, 6.45) is 7.37. The van der Waals surface area contributed by atoms with Gasteiger partial charge in [-0.2, -0.15) is 0 Å². The van der Waals surface area contributed by atoms with Crippen molar-refractivity contribution in [1.82, 2.24) is 10.3 Å². The van der Waals surface area contributed by atoms with Gasteiger partial charge in [0, 0.05) is 18.4 Å². The molecule has 1 heterocycles. The summed E-state index contributed by atoms with van der Waals surface area (Å²) in [6.45, 7) is 4.55. The molecule has 0 aliphatic heterocycles. The minimum Gasteiger partial charge on any atom is -0.317 e. The van der Waals surface area contributed by atoms with Crippen molar-refractivity contribution in [2.75, 3.05) is 7.05 Å². The zero-order valence-electron chi connectivity index (χ0n) is 10.0. The van der Waals surface area contributed by atoms with E-state index in [1.54, 1.807) is 0 Å². The molecule has 0 aliphatic carbocycles. The van der Waals surface area contributed by atoms with E-state index in [0.29, 0.717) is 6.04 Å². The lowest BCUT2D eigenvalue weighted by molar-refractivity contribution is 0.450. The van der Waals surface area contributed by atoms with Gasteiger partial charge in [0.2, 0.25) is 0 Å². The number of nitrogens with one attached hydrogen (secondary N) is 1. The van der Waals surface area contributed by atoms with Crippen LogP contribution in [0.5, 0.6) is 0 Å². The number of rotatable bonds is 6. The third kappa shape index (κ3) is 4.93. The van der Waals surface area contributed by atoms with E-state index in [9.17, 15) is 0 Å². The van der Waals surface area contributed by atoms with Gasteiger partial charge in [-0.25, -0.2) is 0 Å². The number of likely N-dealkylation sites (N-methyl/N-ethyl adjacent to an activating group) is 1. The van der Waals surface area contributed by atoms with Gasteiger partial charge in [0.1, 0.15) is 0 Å². The predicted octanol–water partition coefficient (Wildman–Crippen LogP) is 2.65. The van der Waals surface area contributed by atoms with E-state index in [1.807, 2.05) is 19.4 Å². The molecule has 0 amide bonds. The molecular formula is C13H22N2. The molecule has 0 saturated carbocycles. The first-order chi connectivity index (χ1) is 7.22. The molecule has 1 aromatic rings. The maximum atomic E-state index is 4.03. The van der Waals surface area contributed by atoms with E-state index >= 15 is 0 Å². The third-order valence-electron chi connectivity index (χ3n) is 2.73. The molecule has 2 nitrogen and oxygen atoms in total. The zero-order valence-corrected chi connectivity index (χ0v) is 10.0. The molecule has 0 aliphatic rings. The Bertz CT molecular complexity index is 256. The molecule has 1 N–H and O–H groups in total. The first-order valence-electron chi connectivity index (χ1n) is 5.78. The van der Waals surface area contributed by atoms with Crippen LogP contribution in [0.25, 0.3) is 0 Å². The fourth-order valence-corrected chi connectivity index (χ4v) is 1.69. The summed E-state index contributed by atoms with van der Waals surface area (Å²) in [7, 11) is 2.05. The predicted molar refractivity (Wildman–Crippen MR) is 64.9 cm³/mol. The van der Waals surface area contributed by atoms with E-state index in [-0.39, 0.29) is 0 Å². The topological polar surface area (TPSA) is 24.9 Å². The summed E-state index contributed by atoms with van der Waals surface area (Å²) >= 11 is 0. The molecule has 0 spiro atoms. The Hall–Kier alpha value is -0.890. The average molecular weight is 206 g/mol. The average Bonchev–Trinajstić information content (AvgIpc) is 2.25. The standard InChI is InChI=1S/C13H22N2/c1-11(2)4-5-13(14-3)10-12-6-8-15-9-7-12/h6-9,11,13-14H,4-5,10H2,1-3H3. The fraction of sp³-hybridized carbons (Fsp3) is 0.615. The fourth-order valence-electron chi connectivity index (χ4n) is 1.69. The van der Waals surface area contributed by atoms with Crippen LogP contribution in [0.3, 0.4) is 0 Å². The van der Waals surface area contributed by atoms with Crippen molar-refractivity contribution in [2.24, 2.45) is 5.92 Å². The van der Waals surface area contributed by atoms with Crippen molar-refractivity contribution in [3.63, 3.8) is 0 Å². The number of hydrogen-bond acceptors (Lipinski definition) is 2. The van der Waals surface area contributed by atoms with Gasteiger partial charge in [0.15, 0.2) is 0 Å². The van der Waals surface area contributed by atoms with Crippen LogP contribution in [0.4, 0.5) is 0 Å². The molecule has 1 unspecified atom stereocenters. The maximum absolute atomic E-state index is 4.03. The molecule has 0 aromatic carbocycles. The normalized spacial score (nSPS) is 13.1. The van der Waals surface area contributed by atoms with Crippen LogP contribution in [-0.4, -0.2) is 18.1 Å². The van der Waals surface area contributed by atoms with Crippen LogP contribution in [0.15, 0.2) is 24.5 Å². The summed E-state index contributed by atoms with van der Waals surface area (Å²) in [5.74, 6) is 0.790. The molecule has 0 radical (unpaired) electrons. The highest BCUT2D eigenvalue weighted by molar-refractivity contribution is 5.11. The minimum atomic E-state index is 0.592. The lowest BCUT2D eigenvalue weighted by Crippen LogP contribution is -2.27. The summed E-state index contributed by atoms with van der Waals surface area (Å²) in [5, 5.41) is 3.39. The monoisotopic (exact) mass is 206 g/mol. The number of aromatic nitrogens is 1. The second kappa shape index (κ2) is 6.57. The first-order valence-corrected chi connectivity index (χ1v) is 5.78. The van der Waals surface area contributed by atoms with Gasteiger partial charge in [0.25, 0.3) is 0 Å².